The molecule has 0 unspecified atom stereocenters. The highest BCUT2D eigenvalue weighted by Crippen LogP contribution is 2.18. The zero-order valence-electron chi connectivity index (χ0n) is 12.1. The Hall–Kier alpha value is -2.15. The molecule has 1 saturated carbocycles. The zero-order valence-corrected chi connectivity index (χ0v) is 12.1. The van der Waals surface area contributed by atoms with E-state index >= 15 is 0 Å². The molecule has 7 heteroatoms. The third-order valence-corrected chi connectivity index (χ3v) is 3.23. The normalized spacial score (nSPS) is 13.6. The summed E-state index contributed by atoms with van der Waals surface area (Å²) < 4.78 is 0. The van der Waals surface area contributed by atoms with Gasteiger partial charge < -0.3 is 16.1 Å². The molecule has 2 amide bonds. The molecular formula is C14H21N5O2. The maximum Gasteiger partial charge on any atom is 0.251 e. The Morgan fingerprint density at radius 2 is 2.14 bits per heavy atom. The van der Waals surface area contributed by atoms with E-state index in [9.17, 15) is 9.59 Å². The van der Waals surface area contributed by atoms with Crippen LogP contribution < -0.4 is 21.9 Å². The van der Waals surface area contributed by atoms with Gasteiger partial charge in [-0.25, -0.2) is 10.8 Å². The number of hydrogen-bond acceptors (Lipinski definition) is 5. The monoisotopic (exact) mass is 291 g/mol. The largest absolute Gasteiger partial charge is 0.353 e. The summed E-state index contributed by atoms with van der Waals surface area (Å²) in [7, 11) is 0. The van der Waals surface area contributed by atoms with Gasteiger partial charge in [0.05, 0.1) is 0 Å². The number of aryl methyl sites for hydroxylation is 1. The molecule has 0 saturated heterocycles. The molecule has 5 N–H and O–H groups in total. The van der Waals surface area contributed by atoms with E-state index in [4.69, 9.17) is 5.84 Å². The first-order chi connectivity index (χ1) is 10.1. The molecule has 21 heavy (non-hydrogen) atoms. The topological polar surface area (TPSA) is 109 Å². The number of amides is 2. The summed E-state index contributed by atoms with van der Waals surface area (Å²) in [6, 6.07) is 3.65. The lowest BCUT2D eigenvalue weighted by Crippen LogP contribution is -2.31. The Labute approximate surface area is 123 Å². The fourth-order valence-corrected chi connectivity index (χ4v) is 1.89. The number of carbonyl (C=O) groups excluding carboxylic acids is 2. The molecule has 1 aromatic rings. The minimum atomic E-state index is -0.233. The minimum absolute atomic E-state index is 0.0221. The highest BCUT2D eigenvalue weighted by Gasteiger charge is 2.22. The molecule has 1 heterocycles. The van der Waals surface area contributed by atoms with Crippen LogP contribution in [0.15, 0.2) is 12.1 Å². The van der Waals surface area contributed by atoms with Crippen LogP contribution in [0.4, 0.5) is 5.82 Å². The van der Waals surface area contributed by atoms with Crippen molar-refractivity contribution in [3.05, 3.63) is 23.4 Å². The fraction of sp³-hybridized carbons (Fsp3) is 0.500. The smallest absolute Gasteiger partial charge is 0.251 e. The van der Waals surface area contributed by atoms with Crippen molar-refractivity contribution in [2.75, 3.05) is 12.0 Å². The van der Waals surface area contributed by atoms with E-state index in [0.717, 1.165) is 18.5 Å². The number of rotatable bonds is 7. The number of hydrogen-bond donors (Lipinski definition) is 4. The van der Waals surface area contributed by atoms with Gasteiger partial charge in [0.25, 0.3) is 5.91 Å². The molecule has 0 aromatic carbocycles. The average molecular weight is 291 g/mol. The van der Waals surface area contributed by atoms with Crippen molar-refractivity contribution in [3.8, 4) is 0 Å². The fourth-order valence-electron chi connectivity index (χ4n) is 1.89. The number of aromatic nitrogens is 1. The van der Waals surface area contributed by atoms with Crippen LogP contribution in [-0.2, 0) is 11.2 Å². The zero-order chi connectivity index (χ0) is 15.2. The van der Waals surface area contributed by atoms with Crippen molar-refractivity contribution in [1.29, 1.82) is 0 Å². The highest BCUT2D eigenvalue weighted by molar-refractivity contribution is 5.95. The summed E-state index contributed by atoms with van der Waals surface area (Å²) in [5.74, 6) is 5.53. The van der Waals surface area contributed by atoms with E-state index in [1.807, 2.05) is 6.92 Å². The molecule has 1 aliphatic rings. The summed E-state index contributed by atoms with van der Waals surface area (Å²) in [6.07, 6.45) is 3.11. The summed E-state index contributed by atoms with van der Waals surface area (Å²) in [5.41, 5.74) is 3.71. The number of nitrogens with zero attached hydrogens (tertiary/aromatic N) is 1. The van der Waals surface area contributed by atoms with Crippen LogP contribution in [0.3, 0.4) is 0 Å². The van der Waals surface area contributed by atoms with Crippen LogP contribution in [0.2, 0.25) is 0 Å². The SMILES string of the molecule is CCc1cc(C(=O)NCCC(=O)NC2CC2)cc(NN)n1. The van der Waals surface area contributed by atoms with Crippen molar-refractivity contribution >= 4 is 17.6 Å². The van der Waals surface area contributed by atoms with E-state index in [1.54, 1.807) is 12.1 Å². The Balaban J connectivity index is 1.85. The van der Waals surface area contributed by atoms with Crippen LogP contribution in [0.1, 0.15) is 42.2 Å². The van der Waals surface area contributed by atoms with Crippen molar-refractivity contribution in [2.45, 2.75) is 38.6 Å². The average Bonchev–Trinajstić information content (AvgIpc) is 3.30. The van der Waals surface area contributed by atoms with Gasteiger partial charge in [-0.1, -0.05) is 6.92 Å². The number of nitrogens with two attached hydrogens (primary N) is 1. The molecular weight excluding hydrogens is 270 g/mol. The first-order valence-electron chi connectivity index (χ1n) is 7.17. The molecule has 1 aliphatic carbocycles. The molecule has 0 radical (unpaired) electrons. The molecule has 0 atom stereocenters. The van der Waals surface area contributed by atoms with Gasteiger partial charge in [0, 0.05) is 30.3 Å². The number of nitrogen functional groups attached to an aromatic ring is 1. The Morgan fingerprint density at radius 3 is 2.76 bits per heavy atom. The number of anilines is 1. The molecule has 7 nitrogen and oxygen atoms in total. The van der Waals surface area contributed by atoms with Gasteiger partial charge >= 0.3 is 0 Å². The van der Waals surface area contributed by atoms with Crippen LogP contribution in [0.5, 0.6) is 0 Å². The lowest BCUT2D eigenvalue weighted by Gasteiger charge is -2.09. The van der Waals surface area contributed by atoms with Crippen LogP contribution in [0, 0.1) is 0 Å². The lowest BCUT2D eigenvalue weighted by molar-refractivity contribution is -0.121. The summed E-state index contributed by atoms with van der Waals surface area (Å²) in [4.78, 5) is 27.8. The molecule has 0 spiro atoms. The standard InChI is InChI=1S/C14H21N5O2/c1-2-10-7-9(8-12(17-10)19-15)14(21)16-6-5-13(20)18-11-3-4-11/h7-8,11H,2-6,15H2,1H3,(H,16,21)(H,17,19)(H,18,20). The summed E-state index contributed by atoms with van der Waals surface area (Å²) >= 11 is 0. The molecule has 1 fully saturated rings. The van der Waals surface area contributed by atoms with Gasteiger partial charge in [-0.15, -0.1) is 0 Å². The van der Waals surface area contributed by atoms with Gasteiger partial charge in [-0.3, -0.25) is 9.59 Å². The van der Waals surface area contributed by atoms with Crippen molar-refractivity contribution in [2.24, 2.45) is 5.84 Å². The summed E-state index contributed by atoms with van der Waals surface area (Å²) in [5, 5.41) is 5.61. The van der Waals surface area contributed by atoms with E-state index < -0.39 is 0 Å². The van der Waals surface area contributed by atoms with Gasteiger partial charge in [0.1, 0.15) is 5.82 Å². The van der Waals surface area contributed by atoms with Gasteiger partial charge in [-0.2, -0.15) is 0 Å². The highest BCUT2D eigenvalue weighted by atomic mass is 16.2. The number of pyridine rings is 1. The second-order valence-corrected chi connectivity index (χ2v) is 5.08. The van der Waals surface area contributed by atoms with Crippen LogP contribution >= 0.6 is 0 Å². The molecule has 0 aliphatic heterocycles. The number of carbonyl (C=O) groups is 2. The first kappa shape index (κ1) is 15.2. The van der Waals surface area contributed by atoms with Crippen molar-refractivity contribution < 1.29 is 9.59 Å². The van der Waals surface area contributed by atoms with Gasteiger partial charge in [-0.05, 0) is 31.4 Å². The van der Waals surface area contributed by atoms with Crippen LogP contribution in [0.25, 0.3) is 0 Å². The van der Waals surface area contributed by atoms with Gasteiger partial charge in [0.15, 0.2) is 0 Å². The number of nitrogens with one attached hydrogen (secondary N) is 3. The molecule has 0 bridgehead atoms. The maximum atomic E-state index is 12.1. The minimum Gasteiger partial charge on any atom is -0.353 e. The Morgan fingerprint density at radius 1 is 1.38 bits per heavy atom. The summed E-state index contributed by atoms with van der Waals surface area (Å²) in [6.45, 7) is 2.26. The van der Waals surface area contributed by atoms with Crippen molar-refractivity contribution in [3.63, 3.8) is 0 Å². The predicted molar refractivity (Wildman–Crippen MR) is 79.5 cm³/mol. The molecule has 2 rings (SSSR count). The molecule has 1 aromatic heterocycles. The van der Waals surface area contributed by atoms with E-state index in [2.05, 4.69) is 21.0 Å². The van der Waals surface area contributed by atoms with E-state index in [-0.39, 0.29) is 18.2 Å². The van der Waals surface area contributed by atoms with E-state index in [0.29, 0.717) is 30.4 Å². The third kappa shape index (κ3) is 4.71. The van der Waals surface area contributed by atoms with Gasteiger partial charge in [0.2, 0.25) is 5.91 Å². The Bertz CT molecular complexity index is 506. The molecule has 114 valence electrons. The second-order valence-electron chi connectivity index (χ2n) is 5.08. The lowest BCUT2D eigenvalue weighted by atomic mass is 10.2. The predicted octanol–water partition coefficient (Wildman–Crippen LogP) is 0.328. The second kappa shape index (κ2) is 7.03. The quantitative estimate of drug-likeness (QED) is 0.427. The van der Waals surface area contributed by atoms with Crippen LogP contribution in [-0.4, -0.2) is 29.4 Å². The maximum absolute atomic E-state index is 12.1. The van der Waals surface area contributed by atoms with Crippen molar-refractivity contribution in [1.82, 2.24) is 15.6 Å². The first-order valence-corrected chi connectivity index (χ1v) is 7.17. The third-order valence-electron chi connectivity index (χ3n) is 3.23. The Kier molecular flexibility index (Phi) is 5.10. The number of hydrazine groups is 1. The van der Waals surface area contributed by atoms with E-state index in [1.165, 1.54) is 0 Å².